The minimum absolute atomic E-state index is 0. The second-order valence-electron chi connectivity index (χ2n) is 6.85. The van der Waals surface area contributed by atoms with Crippen molar-refractivity contribution in [3.63, 3.8) is 0 Å². The zero-order valence-corrected chi connectivity index (χ0v) is 16.9. The number of piperazine rings is 1. The monoisotopic (exact) mass is 352 g/mol. The molecule has 1 aliphatic heterocycles. The van der Waals surface area contributed by atoms with E-state index in [1.165, 1.54) is 18.8 Å². The van der Waals surface area contributed by atoms with Crippen molar-refractivity contribution in [2.24, 2.45) is 5.73 Å². The molecule has 0 saturated carbocycles. The van der Waals surface area contributed by atoms with Crippen molar-refractivity contribution in [2.45, 2.75) is 39.8 Å². The van der Waals surface area contributed by atoms with Crippen molar-refractivity contribution in [1.29, 1.82) is 0 Å². The van der Waals surface area contributed by atoms with E-state index in [2.05, 4.69) is 54.0 Å². The van der Waals surface area contributed by atoms with Gasteiger partial charge in [0.15, 0.2) is 0 Å². The predicted molar refractivity (Wildman–Crippen MR) is 117 cm³/mol. The van der Waals surface area contributed by atoms with Crippen LogP contribution in [-0.2, 0) is 0 Å². The van der Waals surface area contributed by atoms with Gasteiger partial charge < -0.3 is 10.6 Å². The first-order valence-electron chi connectivity index (χ1n) is 9.30. The SMILES string of the molecule is CC(C)N.CC(C)N1CCN(c2ccccc2)CC1.[B].c1ccccc1. The second kappa shape index (κ2) is 14.4. The Hall–Kier alpha value is -1.78. The summed E-state index contributed by atoms with van der Waals surface area (Å²) < 4.78 is 0. The third-order valence-electron chi connectivity index (χ3n) is 3.83. The maximum absolute atomic E-state index is 5.11. The highest BCUT2D eigenvalue weighted by Crippen LogP contribution is 2.16. The topological polar surface area (TPSA) is 32.5 Å². The fourth-order valence-electron chi connectivity index (χ4n) is 2.52. The van der Waals surface area contributed by atoms with Crippen LogP contribution >= 0.6 is 0 Å². The van der Waals surface area contributed by atoms with Gasteiger partial charge in [-0.05, 0) is 32.0 Å². The standard InChI is InChI=1S/C13H20N2.C6H6.C3H9N.B/c1-12(2)14-8-10-15(11-9-14)13-6-4-3-5-7-13;1-2-4-6-5-3-1;1-3(2)4;/h3-7,12H,8-11H2,1-2H3;1-6H;3H,4H2,1-2H3;. The highest BCUT2D eigenvalue weighted by Gasteiger charge is 2.18. The summed E-state index contributed by atoms with van der Waals surface area (Å²) in [6.07, 6.45) is 0. The van der Waals surface area contributed by atoms with Gasteiger partial charge in [0.25, 0.3) is 0 Å². The third kappa shape index (κ3) is 11.0. The molecule has 3 nitrogen and oxygen atoms in total. The van der Waals surface area contributed by atoms with Crippen LogP contribution in [0, 0.1) is 0 Å². The van der Waals surface area contributed by atoms with Crippen LogP contribution in [-0.4, -0.2) is 51.6 Å². The first-order chi connectivity index (χ1) is 12.0. The maximum Gasteiger partial charge on any atom is 0.0367 e. The van der Waals surface area contributed by atoms with Gasteiger partial charge in [-0.1, -0.05) is 68.4 Å². The van der Waals surface area contributed by atoms with Crippen LogP contribution in [0.3, 0.4) is 0 Å². The molecular formula is C22H35BN3. The average molecular weight is 352 g/mol. The van der Waals surface area contributed by atoms with E-state index in [0.29, 0.717) is 12.1 Å². The van der Waals surface area contributed by atoms with E-state index in [9.17, 15) is 0 Å². The number of benzene rings is 2. The van der Waals surface area contributed by atoms with Crippen LogP contribution in [0.2, 0.25) is 0 Å². The molecular weight excluding hydrogens is 317 g/mol. The average Bonchev–Trinajstić information content (AvgIpc) is 2.64. The van der Waals surface area contributed by atoms with E-state index in [-0.39, 0.29) is 8.41 Å². The zero-order chi connectivity index (χ0) is 18.5. The number of anilines is 1. The molecule has 0 amide bonds. The molecule has 2 aromatic carbocycles. The van der Waals surface area contributed by atoms with Crippen LogP contribution in [0.25, 0.3) is 0 Å². The second-order valence-corrected chi connectivity index (χ2v) is 6.85. The van der Waals surface area contributed by atoms with Crippen molar-refractivity contribution < 1.29 is 0 Å². The van der Waals surface area contributed by atoms with Gasteiger partial charge in [-0.2, -0.15) is 0 Å². The molecule has 2 aromatic rings. The summed E-state index contributed by atoms with van der Waals surface area (Å²) in [5, 5.41) is 0. The van der Waals surface area contributed by atoms with Crippen molar-refractivity contribution >= 4 is 14.1 Å². The van der Waals surface area contributed by atoms with Gasteiger partial charge in [-0.25, -0.2) is 0 Å². The molecule has 26 heavy (non-hydrogen) atoms. The molecule has 0 bridgehead atoms. The van der Waals surface area contributed by atoms with Gasteiger partial charge in [0.05, 0.1) is 0 Å². The number of hydrogen-bond donors (Lipinski definition) is 1. The molecule has 1 heterocycles. The highest BCUT2D eigenvalue weighted by molar-refractivity contribution is 5.75. The first-order valence-corrected chi connectivity index (χ1v) is 9.30. The summed E-state index contributed by atoms with van der Waals surface area (Å²) in [6.45, 7) is 13.1. The molecule has 3 radical (unpaired) electrons. The molecule has 0 spiro atoms. The lowest BCUT2D eigenvalue weighted by atomic mass is 10.2. The summed E-state index contributed by atoms with van der Waals surface area (Å²) in [6, 6.07) is 23.7. The first kappa shape index (κ1) is 24.2. The fraction of sp³-hybridized carbons (Fsp3) is 0.455. The summed E-state index contributed by atoms with van der Waals surface area (Å²) in [7, 11) is 0. The van der Waals surface area contributed by atoms with Crippen molar-refractivity contribution in [2.75, 3.05) is 31.1 Å². The Morgan fingerprint density at radius 2 is 1.04 bits per heavy atom. The highest BCUT2D eigenvalue weighted by atomic mass is 15.3. The van der Waals surface area contributed by atoms with Gasteiger partial charge in [-0.15, -0.1) is 0 Å². The molecule has 141 valence electrons. The Morgan fingerprint density at radius 3 is 1.38 bits per heavy atom. The van der Waals surface area contributed by atoms with Crippen molar-refractivity contribution in [1.82, 2.24) is 4.90 Å². The fourth-order valence-corrected chi connectivity index (χ4v) is 2.52. The lowest BCUT2D eigenvalue weighted by molar-refractivity contribution is 0.209. The Morgan fingerprint density at radius 1 is 0.692 bits per heavy atom. The normalized spacial score (nSPS) is 13.9. The number of para-hydroxylation sites is 1. The molecule has 1 aliphatic rings. The third-order valence-corrected chi connectivity index (χ3v) is 3.83. The number of hydrogen-bond acceptors (Lipinski definition) is 3. The van der Waals surface area contributed by atoms with Crippen LogP contribution in [0.1, 0.15) is 27.7 Å². The molecule has 1 saturated heterocycles. The lowest BCUT2D eigenvalue weighted by Crippen LogP contribution is -2.48. The summed E-state index contributed by atoms with van der Waals surface area (Å²) >= 11 is 0. The summed E-state index contributed by atoms with van der Waals surface area (Å²) in [4.78, 5) is 5.01. The molecule has 0 unspecified atom stereocenters. The lowest BCUT2D eigenvalue weighted by Gasteiger charge is -2.38. The molecule has 4 heteroatoms. The Kier molecular flexibility index (Phi) is 13.4. The van der Waals surface area contributed by atoms with E-state index in [0.717, 1.165) is 13.1 Å². The van der Waals surface area contributed by atoms with Crippen molar-refractivity contribution in [3.05, 3.63) is 66.7 Å². The molecule has 0 aromatic heterocycles. The van der Waals surface area contributed by atoms with Crippen molar-refractivity contribution in [3.8, 4) is 0 Å². The van der Waals surface area contributed by atoms with Crippen LogP contribution < -0.4 is 10.6 Å². The van der Waals surface area contributed by atoms with Crippen LogP contribution in [0.5, 0.6) is 0 Å². The largest absolute Gasteiger partial charge is 0.369 e. The van der Waals surface area contributed by atoms with Gasteiger partial charge >= 0.3 is 0 Å². The number of rotatable bonds is 2. The molecule has 3 rings (SSSR count). The smallest absolute Gasteiger partial charge is 0.0367 e. The van der Waals surface area contributed by atoms with Gasteiger partial charge in [-0.3, -0.25) is 4.90 Å². The minimum Gasteiger partial charge on any atom is -0.369 e. The van der Waals surface area contributed by atoms with E-state index < -0.39 is 0 Å². The van der Waals surface area contributed by atoms with E-state index >= 15 is 0 Å². The maximum atomic E-state index is 5.11. The molecule has 1 fully saturated rings. The van der Waals surface area contributed by atoms with E-state index in [1.807, 2.05) is 50.2 Å². The van der Waals surface area contributed by atoms with E-state index in [1.54, 1.807) is 0 Å². The molecule has 2 N–H and O–H groups in total. The Balaban J connectivity index is 0.000000473. The van der Waals surface area contributed by atoms with E-state index in [4.69, 9.17) is 5.73 Å². The molecule has 0 aliphatic carbocycles. The summed E-state index contributed by atoms with van der Waals surface area (Å²) in [5.41, 5.74) is 6.47. The Labute approximate surface area is 162 Å². The quantitative estimate of drug-likeness (QED) is 0.833. The van der Waals surface area contributed by atoms with Crippen LogP contribution in [0.15, 0.2) is 66.7 Å². The zero-order valence-electron chi connectivity index (χ0n) is 16.9. The minimum atomic E-state index is 0. The van der Waals surface area contributed by atoms with Gasteiger partial charge in [0, 0.05) is 46.3 Å². The predicted octanol–water partition coefficient (Wildman–Crippen LogP) is 3.88. The summed E-state index contributed by atoms with van der Waals surface area (Å²) in [5.74, 6) is 0. The number of nitrogens with two attached hydrogens (primary N) is 1. The van der Waals surface area contributed by atoms with Crippen LogP contribution in [0.4, 0.5) is 5.69 Å². The van der Waals surface area contributed by atoms with Gasteiger partial charge in [0.1, 0.15) is 0 Å². The molecule has 0 atom stereocenters. The Bertz CT molecular complexity index is 494. The van der Waals surface area contributed by atoms with Gasteiger partial charge in [0.2, 0.25) is 0 Å². The number of nitrogens with zero attached hydrogens (tertiary/aromatic N) is 2.